The van der Waals surface area contributed by atoms with Crippen LogP contribution in [0.3, 0.4) is 0 Å². The molecule has 0 saturated carbocycles. The van der Waals surface area contributed by atoms with Gasteiger partial charge in [-0.15, -0.1) is 0 Å². The lowest BCUT2D eigenvalue weighted by Gasteiger charge is -2.08. The van der Waals surface area contributed by atoms with Crippen molar-refractivity contribution in [1.29, 1.82) is 0 Å². The van der Waals surface area contributed by atoms with E-state index in [-0.39, 0.29) is 0 Å². The zero-order chi connectivity index (χ0) is 13.9. The minimum atomic E-state index is 0.344. The molecule has 20 heavy (non-hydrogen) atoms. The van der Waals surface area contributed by atoms with Crippen molar-refractivity contribution in [2.45, 2.75) is 13.5 Å². The summed E-state index contributed by atoms with van der Waals surface area (Å²) in [5.74, 6) is 0.753. The Morgan fingerprint density at radius 3 is 2.70 bits per heavy atom. The molecule has 0 aliphatic heterocycles. The van der Waals surface area contributed by atoms with Gasteiger partial charge in [0, 0.05) is 29.4 Å². The third-order valence-corrected chi connectivity index (χ3v) is 3.23. The highest BCUT2D eigenvalue weighted by atomic mass is 16.5. The zero-order valence-electron chi connectivity index (χ0n) is 11.2. The summed E-state index contributed by atoms with van der Waals surface area (Å²) in [6.07, 6.45) is 1.71. The molecule has 0 unspecified atom stereocenters. The van der Waals surface area contributed by atoms with Gasteiger partial charge >= 0.3 is 6.01 Å². The monoisotopic (exact) mass is 265 g/mol. The number of rotatable bonds is 3. The first-order valence-corrected chi connectivity index (χ1v) is 6.46. The van der Waals surface area contributed by atoms with Gasteiger partial charge in [0.05, 0.1) is 0 Å². The van der Waals surface area contributed by atoms with Crippen LogP contribution < -0.4 is 10.5 Å². The van der Waals surface area contributed by atoms with E-state index in [1.54, 1.807) is 6.20 Å². The van der Waals surface area contributed by atoms with E-state index in [1.807, 2.05) is 49.4 Å². The van der Waals surface area contributed by atoms with Gasteiger partial charge in [-0.05, 0) is 18.4 Å². The Bertz CT molecular complexity index is 750. The van der Waals surface area contributed by atoms with Crippen LogP contribution in [0.4, 0.5) is 0 Å². The maximum absolute atomic E-state index is 5.81. The lowest BCUT2D eigenvalue weighted by Crippen LogP contribution is -2.03. The SMILES string of the molecule is Cc1nc(Oc2cccc3ccccc23)ncc1CN. The average molecular weight is 265 g/mol. The quantitative estimate of drug-likeness (QED) is 0.790. The van der Waals surface area contributed by atoms with Crippen LogP contribution in [0, 0.1) is 6.92 Å². The number of hydrogen-bond acceptors (Lipinski definition) is 4. The summed E-state index contributed by atoms with van der Waals surface area (Å²) in [6, 6.07) is 14.3. The summed E-state index contributed by atoms with van der Waals surface area (Å²) in [5, 5.41) is 2.17. The van der Waals surface area contributed by atoms with Crippen LogP contribution in [0.5, 0.6) is 11.8 Å². The summed E-state index contributed by atoms with van der Waals surface area (Å²) < 4.78 is 5.81. The van der Waals surface area contributed by atoms with E-state index in [0.29, 0.717) is 12.6 Å². The van der Waals surface area contributed by atoms with Gasteiger partial charge in [0.25, 0.3) is 0 Å². The largest absolute Gasteiger partial charge is 0.424 e. The molecule has 0 aliphatic carbocycles. The molecule has 2 aromatic carbocycles. The third-order valence-electron chi connectivity index (χ3n) is 3.23. The molecule has 2 N–H and O–H groups in total. The summed E-state index contributed by atoms with van der Waals surface area (Å²) in [7, 11) is 0. The van der Waals surface area contributed by atoms with Gasteiger partial charge in [0.1, 0.15) is 5.75 Å². The van der Waals surface area contributed by atoms with Crippen LogP contribution in [-0.2, 0) is 6.54 Å². The van der Waals surface area contributed by atoms with Crippen LogP contribution in [0.15, 0.2) is 48.7 Å². The summed E-state index contributed by atoms with van der Waals surface area (Å²) in [4.78, 5) is 8.53. The number of ether oxygens (including phenoxy) is 1. The van der Waals surface area contributed by atoms with E-state index < -0.39 is 0 Å². The third kappa shape index (κ3) is 2.33. The Kier molecular flexibility index (Phi) is 3.31. The number of fused-ring (bicyclic) bond motifs is 1. The van der Waals surface area contributed by atoms with Crippen molar-refractivity contribution in [3.8, 4) is 11.8 Å². The van der Waals surface area contributed by atoms with Gasteiger partial charge in [-0.3, -0.25) is 0 Å². The maximum Gasteiger partial charge on any atom is 0.322 e. The van der Waals surface area contributed by atoms with Crippen molar-refractivity contribution in [1.82, 2.24) is 9.97 Å². The second-order valence-corrected chi connectivity index (χ2v) is 4.55. The van der Waals surface area contributed by atoms with E-state index in [0.717, 1.165) is 27.8 Å². The second kappa shape index (κ2) is 5.27. The van der Waals surface area contributed by atoms with E-state index >= 15 is 0 Å². The molecule has 1 heterocycles. The normalized spacial score (nSPS) is 10.7. The Morgan fingerprint density at radius 2 is 1.90 bits per heavy atom. The molecule has 0 atom stereocenters. The minimum Gasteiger partial charge on any atom is -0.424 e. The topological polar surface area (TPSA) is 61.0 Å². The van der Waals surface area contributed by atoms with Crippen molar-refractivity contribution in [2.75, 3.05) is 0 Å². The molecule has 4 nitrogen and oxygen atoms in total. The van der Waals surface area contributed by atoms with E-state index in [9.17, 15) is 0 Å². The summed E-state index contributed by atoms with van der Waals surface area (Å²) >= 11 is 0. The molecule has 0 fully saturated rings. The number of nitrogens with two attached hydrogens (primary N) is 1. The first-order chi connectivity index (χ1) is 9.78. The van der Waals surface area contributed by atoms with Gasteiger partial charge in [0.2, 0.25) is 0 Å². The second-order valence-electron chi connectivity index (χ2n) is 4.55. The maximum atomic E-state index is 5.81. The van der Waals surface area contributed by atoms with E-state index in [1.165, 1.54) is 0 Å². The van der Waals surface area contributed by atoms with E-state index in [2.05, 4.69) is 9.97 Å². The average Bonchev–Trinajstić information content (AvgIpc) is 2.48. The number of hydrogen-bond donors (Lipinski definition) is 1. The fraction of sp³-hybridized carbons (Fsp3) is 0.125. The number of aromatic nitrogens is 2. The fourth-order valence-corrected chi connectivity index (χ4v) is 2.10. The molecule has 0 spiro atoms. The zero-order valence-corrected chi connectivity index (χ0v) is 11.2. The molecule has 0 aliphatic rings. The Morgan fingerprint density at radius 1 is 1.10 bits per heavy atom. The van der Waals surface area contributed by atoms with E-state index in [4.69, 9.17) is 10.5 Å². The first kappa shape index (κ1) is 12.6. The molecule has 100 valence electrons. The van der Waals surface area contributed by atoms with Crippen LogP contribution in [-0.4, -0.2) is 9.97 Å². The van der Waals surface area contributed by atoms with Gasteiger partial charge in [-0.25, -0.2) is 4.98 Å². The summed E-state index contributed by atoms with van der Waals surface area (Å²) in [5.41, 5.74) is 7.38. The lowest BCUT2D eigenvalue weighted by atomic mass is 10.1. The molecular formula is C16H15N3O. The van der Waals surface area contributed by atoms with Gasteiger partial charge in [0.15, 0.2) is 0 Å². The Hall–Kier alpha value is -2.46. The minimum absolute atomic E-state index is 0.344. The van der Waals surface area contributed by atoms with Gasteiger partial charge in [-0.1, -0.05) is 36.4 Å². The molecule has 0 saturated heterocycles. The van der Waals surface area contributed by atoms with Crippen LogP contribution in [0.1, 0.15) is 11.3 Å². The van der Waals surface area contributed by atoms with Crippen molar-refractivity contribution < 1.29 is 4.74 Å². The molecular weight excluding hydrogens is 250 g/mol. The fourth-order valence-electron chi connectivity index (χ4n) is 2.10. The standard InChI is InChI=1S/C16H15N3O/c1-11-13(9-17)10-18-16(19-11)20-15-8-4-6-12-5-2-3-7-14(12)15/h2-8,10H,9,17H2,1H3. The van der Waals surface area contributed by atoms with Crippen LogP contribution >= 0.6 is 0 Å². The van der Waals surface area contributed by atoms with Crippen LogP contribution in [0.2, 0.25) is 0 Å². The predicted octanol–water partition coefficient (Wildman–Crippen LogP) is 3.19. The number of benzene rings is 2. The predicted molar refractivity (Wildman–Crippen MR) is 78.7 cm³/mol. The van der Waals surface area contributed by atoms with Crippen molar-refractivity contribution in [3.05, 3.63) is 59.9 Å². The van der Waals surface area contributed by atoms with Crippen molar-refractivity contribution >= 4 is 10.8 Å². The van der Waals surface area contributed by atoms with Crippen LogP contribution in [0.25, 0.3) is 10.8 Å². The Labute approximate surface area is 117 Å². The van der Waals surface area contributed by atoms with Crippen molar-refractivity contribution in [3.63, 3.8) is 0 Å². The van der Waals surface area contributed by atoms with Crippen molar-refractivity contribution in [2.24, 2.45) is 5.73 Å². The molecule has 3 rings (SSSR count). The highest BCUT2D eigenvalue weighted by Gasteiger charge is 2.07. The molecule has 1 aromatic heterocycles. The number of nitrogens with zero attached hydrogens (tertiary/aromatic N) is 2. The Balaban J connectivity index is 1.99. The van der Waals surface area contributed by atoms with Gasteiger partial charge in [-0.2, -0.15) is 4.98 Å². The van der Waals surface area contributed by atoms with Gasteiger partial charge < -0.3 is 10.5 Å². The molecule has 0 amide bonds. The molecule has 4 heteroatoms. The molecule has 0 radical (unpaired) electrons. The smallest absolute Gasteiger partial charge is 0.322 e. The first-order valence-electron chi connectivity index (χ1n) is 6.46. The highest BCUT2D eigenvalue weighted by molar-refractivity contribution is 5.88. The number of aryl methyl sites for hydroxylation is 1. The molecule has 3 aromatic rings. The highest BCUT2D eigenvalue weighted by Crippen LogP contribution is 2.28. The summed E-state index contributed by atoms with van der Waals surface area (Å²) in [6.45, 7) is 2.33. The lowest BCUT2D eigenvalue weighted by molar-refractivity contribution is 0.444. The molecule has 0 bridgehead atoms.